The van der Waals surface area contributed by atoms with Crippen molar-refractivity contribution in [1.82, 2.24) is 20.4 Å². The van der Waals surface area contributed by atoms with E-state index >= 15 is 0 Å². The number of anilines is 1. The van der Waals surface area contributed by atoms with Crippen LogP contribution in [-0.4, -0.2) is 39.5 Å². The summed E-state index contributed by atoms with van der Waals surface area (Å²) in [6.45, 7) is 0.111. The van der Waals surface area contributed by atoms with Gasteiger partial charge in [0, 0.05) is 12.2 Å². The maximum absolute atomic E-state index is 12.9. The van der Waals surface area contributed by atoms with Crippen LogP contribution >= 0.6 is 11.3 Å². The van der Waals surface area contributed by atoms with Crippen LogP contribution in [0.2, 0.25) is 0 Å². The first-order valence-corrected chi connectivity index (χ1v) is 9.85. The lowest BCUT2D eigenvalue weighted by Gasteiger charge is -2.16. The molecule has 1 saturated heterocycles. The zero-order valence-corrected chi connectivity index (χ0v) is 16.4. The minimum atomic E-state index is -0.441. The summed E-state index contributed by atoms with van der Waals surface area (Å²) in [5.74, 6) is -1.13. The van der Waals surface area contributed by atoms with E-state index in [0.29, 0.717) is 10.7 Å². The Morgan fingerprint density at radius 3 is 2.53 bits per heavy atom. The summed E-state index contributed by atoms with van der Waals surface area (Å²) in [5.41, 5.74) is 1.38. The van der Waals surface area contributed by atoms with Gasteiger partial charge in [-0.2, -0.15) is 0 Å². The zero-order valence-electron chi connectivity index (χ0n) is 15.6. The van der Waals surface area contributed by atoms with E-state index in [0.717, 1.165) is 21.8 Å². The lowest BCUT2D eigenvalue weighted by molar-refractivity contribution is -0.125. The van der Waals surface area contributed by atoms with Gasteiger partial charge in [0.15, 0.2) is 0 Å². The van der Waals surface area contributed by atoms with Crippen LogP contribution in [0.4, 0.5) is 14.9 Å². The maximum atomic E-state index is 12.9. The summed E-state index contributed by atoms with van der Waals surface area (Å²) in [6, 6.07) is 14.2. The van der Waals surface area contributed by atoms with Crippen LogP contribution in [0.5, 0.6) is 0 Å². The summed E-state index contributed by atoms with van der Waals surface area (Å²) in [7, 11) is 0. The van der Waals surface area contributed by atoms with E-state index in [1.165, 1.54) is 17.0 Å². The number of rotatable bonds is 6. The van der Waals surface area contributed by atoms with Gasteiger partial charge in [0.25, 0.3) is 11.8 Å². The second-order valence-electron chi connectivity index (χ2n) is 6.49. The third kappa shape index (κ3) is 4.18. The molecule has 10 heteroatoms. The van der Waals surface area contributed by atoms with Crippen LogP contribution < -0.4 is 10.2 Å². The van der Waals surface area contributed by atoms with E-state index in [9.17, 15) is 18.8 Å². The van der Waals surface area contributed by atoms with Crippen LogP contribution in [0.15, 0.2) is 54.6 Å². The lowest BCUT2D eigenvalue weighted by Crippen LogP contribution is -2.32. The first kappa shape index (κ1) is 19.6. The van der Waals surface area contributed by atoms with Gasteiger partial charge in [0.2, 0.25) is 5.01 Å². The predicted octanol–water partition coefficient (Wildman–Crippen LogP) is 2.58. The van der Waals surface area contributed by atoms with E-state index in [2.05, 4.69) is 15.5 Å². The molecule has 0 spiro atoms. The zero-order chi connectivity index (χ0) is 21.1. The van der Waals surface area contributed by atoms with E-state index < -0.39 is 11.9 Å². The Kier molecular flexibility index (Phi) is 5.48. The van der Waals surface area contributed by atoms with Crippen molar-refractivity contribution in [2.24, 2.45) is 0 Å². The number of hydrogen-bond acceptors (Lipinski definition) is 6. The van der Waals surface area contributed by atoms with Crippen molar-refractivity contribution in [3.63, 3.8) is 0 Å². The van der Waals surface area contributed by atoms with Gasteiger partial charge in [-0.25, -0.2) is 9.18 Å². The van der Waals surface area contributed by atoms with Crippen LogP contribution in [0.1, 0.15) is 20.4 Å². The number of carbonyl (C=O) groups excluding carboxylic acids is 3. The summed E-state index contributed by atoms with van der Waals surface area (Å²) in [4.78, 5) is 39.7. The SMILES string of the molecule is O=C(NCc1ccc(F)cc1)c1nnc(CN2C(=O)CN(c3ccccc3)C2=O)s1. The standard InChI is InChI=1S/C20H16FN5O3S/c21-14-8-6-13(7-9-14)10-22-18(28)19-24-23-16(30-19)11-26-17(27)12-25(20(26)29)15-4-2-1-3-5-15/h1-9H,10-12H2,(H,22,28). The molecule has 3 aromatic rings. The minimum absolute atomic E-state index is 0.0489. The third-order valence-electron chi connectivity index (χ3n) is 4.44. The second kappa shape index (κ2) is 8.37. The van der Waals surface area contributed by atoms with Crippen LogP contribution in [-0.2, 0) is 17.9 Å². The number of carbonyl (C=O) groups is 3. The quantitative estimate of drug-likeness (QED) is 0.613. The molecule has 8 nitrogen and oxygen atoms in total. The second-order valence-corrected chi connectivity index (χ2v) is 7.56. The molecule has 30 heavy (non-hydrogen) atoms. The van der Waals surface area contributed by atoms with Crippen molar-refractivity contribution in [2.45, 2.75) is 13.1 Å². The van der Waals surface area contributed by atoms with Crippen LogP contribution in [0, 0.1) is 5.82 Å². The van der Waals surface area contributed by atoms with Gasteiger partial charge >= 0.3 is 6.03 Å². The first-order chi connectivity index (χ1) is 14.5. The Hall–Kier alpha value is -3.66. The predicted molar refractivity (Wildman–Crippen MR) is 107 cm³/mol. The highest BCUT2D eigenvalue weighted by molar-refractivity contribution is 7.13. The van der Waals surface area contributed by atoms with Gasteiger partial charge in [-0.05, 0) is 29.8 Å². The molecule has 1 fully saturated rings. The summed E-state index contributed by atoms with van der Waals surface area (Å²) in [5, 5.41) is 10.9. The van der Waals surface area contributed by atoms with Crippen molar-refractivity contribution >= 4 is 34.9 Å². The number of para-hydroxylation sites is 1. The van der Waals surface area contributed by atoms with Gasteiger partial charge in [-0.3, -0.25) is 19.4 Å². The Morgan fingerprint density at radius 1 is 1.07 bits per heavy atom. The molecule has 0 radical (unpaired) electrons. The molecule has 0 aliphatic carbocycles. The van der Waals surface area contributed by atoms with E-state index in [4.69, 9.17) is 0 Å². The number of nitrogens with one attached hydrogen (secondary N) is 1. The molecule has 0 atom stereocenters. The Labute approximate surface area is 174 Å². The fourth-order valence-electron chi connectivity index (χ4n) is 2.91. The monoisotopic (exact) mass is 425 g/mol. The molecule has 1 aromatic heterocycles. The molecular formula is C20H16FN5O3S. The molecule has 4 rings (SSSR count). The molecule has 0 bridgehead atoms. The Bertz CT molecular complexity index is 1090. The number of imide groups is 1. The number of aromatic nitrogens is 2. The molecule has 152 valence electrons. The lowest BCUT2D eigenvalue weighted by atomic mass is 10.2. The third-order valence-corrected chi connectivity index (χ3v) is 5.35. The summed E-state index contributed by atoms with van der Waals surface area (Å²) < 4.78 is 12.9. The first-order valence-electron chi connectivity index (χ1n) is 9.03. The highest BCUT2D eigenvalue weighted by Gasteiger charge is 2.37. The van der Waals surface area contributed by atoms with Crippen molar-refractivity contribution in [3.05, 3.63) is 76.0 Å². The number of halogens is 1. The van der Waals surface area contributed by atoms with Crippen molar-refractivity contribution in [1.29, 1.82) is 0 Å². The topological polar surface area (TPSA) is 95.5 Å². The molecule has 4 amide bonds. The van der Waals surface area contributed by atoms with Crippen LogP contribution in [0.25, 0.3) is 0 Å². The number of urea groups is 1. The summed E-state index contributed by atoms with van der Waals surface area (Å²) in [6.07, 6.45) is 0. The minimum Gasteiger partial charge on any atom is -0.346 e. The molecule has 2 aromatic carbocycles. The maximum Gasteiger partial charge on any atom is 0.332 e. The molecule has 1 N–H and O–H groups in total. The molecule has 2 heterocycles. The smallest absolute Gasteiger partial charge is 0.332 e. The molecular weight excluding hydrogens is 409 g/mol. The van der Waals surface area contributed by atoms with Gasteiger partial charge in [-0.1, -0.05) is 41.7 Å². The molecule has 0 saturated carbocycles. The average Bonchev–Trinajstić information content (AvgIpc) is 3.34. The fraction of sp³-hybridized carbons (Fsp3) is 0.150. The molecule has 1 aliphatic heterocycles. The van der Waals surface area contributed by atoms with Gasteiger partial charge < -0.3 is 5.32 Å². The average molecular weight is 425 g/mol. The van der Waals surface area contributed by atoms with Crippen molar-refractivity contribution < 1.29 is 18.8 Å². The highest BCUT2D eigenvalue weighted by Crippen LogP contribution is 2.23. The van der Waals surface area contributed by atoms with Gasteiger partial charge in [0.05, 0.1) is 6.54 Å². The van der Waals surface area contributed by atoms with Crippen molar-refractivity contribution in [3.8, 4) is 0 Å². The van der Waals surface area contributed by atoms with Crippen molar-refractivity contribution in [2.75, 3.05) is 11.4 Å². The fourth-order valence-corrected chi connectivity index (χ4v) is 3.66. The van der Waals surface area contributed by atoms with E-state index in [1.54, 1.807) is 36.4 Å². The normalized spacial score (nSPS) is 13.8. The Balaban J connectivity index is 1.38. The van der Waals surface area contributed by atoms with E-state index in [1.807, 2.05) is 6.07 Å². The Morgan fingerprint density at radius 2 is 1.80 bits per heavy atom. The number of nitrogens with zero attached hydrogens (tertiary/aromatic N) is 4. The van der Waals surface area contributed by atoms with Gasteiger partial charge in [0.1, 0.15) is 17.4 Å². The number of hydrogen-bond donors (Lipinski definition) is 1. The molecule has 0 unspecified atom stereocenters. The van der Waals surface area contributed by atoms with Crippen LogP contribution in [0.3, 0.4) is 0 Å². The largest absolute Gasteiger partial charge is 0.346 e. The molecule has 1 aliphatic rings. The summed E-state index contributed by atoms with van der Waals surface area (Å²) >= 11 is 1.01. The number of amides is 4. The van der Waals surface area contributed by atoms with E-state index in [-0.39, 0.29) is 36.4 Å². The highest BCUT2D eigenvalue weighted by atomic mass is 32.1. The number of benzene rings is 2. The van der Waals surface area contributed by atoms with Gasteiger partial charge in [-0.15, -0.1) is 10.2 Å².